The molecule has 0 saturated heterocycles. The van der Waals surface area contributed by atoms with Crippen molar-refractivity contribution in [1.82, 2.24) is 9.55 Å². The van der Waals surface area contributed by atoms with Gasteiger partial charge in [-0.05, 0) is 23.3 Å². The van der Waals surface area contributed by atoms with Gasteiger partial charge < -0.3 is 4.74 Å². The maximum Gasteiger partial charge on any atom is 0.337 e. The van der Waals surface area contributed by atoms with Crippen LogP contribution in [0.3, 0.4) is 0 Å². The lowest BCUT2D eigenvalue weighted by Crippen LogP contribution is -2.22. The second-order valence-electron chi connectivity index (χ2n) is 6.77. The number of aromatic nitrogens is 2. The zero-order valence-corrected chi connectivity index (χ0v) is 20.7. The Bertz CT molecular complexity index is 1300. The number of esters is 1. The van der Waals surface area contributed by atoms with Gasteiger partial charge in [-0.1, -0.05) is 60.3 Å². The number of thioether (sulfide) groups is 1. The summed E-state index contributed by atoms with van der Waals surface area (Å²) in [5.41, 5.74) is 3.38. The molecule has 0 unspecified atom stereocenters. The Morgan fingerprint density at radius 3 is 2.56 bits per heavy atom. The van der Waals surface area contributed by atoms with Crippen LogP contribution < -0.4 is 5.56 Å². The van der Waals surface area contributed by atoms with Crippen LogP contribution in [0, 0.1) is 0 Å². The largest absolute Gasteiger partial charge is 0.465 e. The van der Waals surface area contributed by atoms with E-state index < -0.39 is 0 Å². The zero-order chi connectivity index (χ0) is 21.8. The maximum atomic E-state index is 13.4. The number of fused-ring (bicyclic) bond motifs is 1. The van der Waals surface area contributed by atoms with Crippen LogP contribution in [0.25, 0.3) is 21.3 Å². The summed E-state index contributed by atoms with van der Waals surface area (Å²) >= 11 is 2.97. The normalized spacial score (nSPS) is 10.5. The van der Waals surface area contributed by atoms with Gasteiger partial charge in [0, 0.05) is 23.2 Å². The topological polar surface area (TPSA) is 61.2 Å². The van der Waals surface area contributed by atoms with Crippen LogP contribution in [0.4, 0.5) is 0 Å². The first-order valence-corrected chi connectivity index (χ1v) is 11.5. The Hall–Kier alpha value is -2.68. The number of allylic oxidation sites excluding steroid dienone is 1. The van der Waals surface area contributed by atoms with E-state index in [1.807, 2.05) is 47.8 Å². The molecule has 2 aromatic heterocycles. The van der Waals surface area contributed by atoms with Crippen LogP contribution >= 0.6 is 40.1 Å². The van der Waals surface area contributed by atoms with Gasteiger partial charge in [-0.15, -0.1) is 34.9 Å². The average Bonchev–Trinajstić information content (AvgIpc) is 3.24. The molecule has 8 heteroatoms. The van der Waals surface area contributed by atoms with E-state index in [0.717, 1.165) is 21.5 Å². The number of rotatable bonds is 7. The van der Waals surface area contributed by atoms with E-state index in [9.17, 15) is 9.59 Å². The van der Waals surface area contributed by atoms with Crippen LogP contribution in [0.5, 0.6) is 0 Å². The first-order valence-electron chi connectivity index (χ1n) is 9.60. The third kappa shape index (κ3) is 4.87. The van der Waals surface area contributed by atoms with Crippen molar-refractivity contribution in [3.8, 4) is 11.1 Å². The molecule has 0 bridgehead atoms. The summed E-state index contributed by atoms with van der Waals surface area (Å²) in [6.07, 6.45) is 1.71. The highest BCUT2D eigenvalue weighted by atomic mass is 79.9. The third-order valence-corrected chi connectivity index (χ3v) is 6.72. The Morgan fingerprint density at radius 1 is 1.19 bits per heavy atom. The Balaban J connectivity index is 0.00000289. The highest BCUT2D eigenvalue weighted by molar-refractivity contribution is 8.93. The maximum absolute atomic E-state index is 13.4. The van der Waals surface area contributed by atoms with Crippen LogP contribution in [0.2, 0.25) is 0 Å². The lowest BCUT2D eigenvalue weighted by molar-refractivity contribution is 0.0600. The molecule has 32 heavy (non-hydrogen) atoms. The Labute approximate surface area is 204 Å². The van der Waals surface area contributed by atoms with E-state index in [1.165, 1.54) is 30.2 Å². The van der Waals surface area contributed by atoms with Crippen molar-refractivity contribution in [3.05, 3.63) is 94.1 Å². The second-order valence-corrected chi connectivity index (χ2v) is 8.57. The lowest BCUT2D eigenvalue weighted by Gasteiger charge is -2.11. The summed E-state index contributed by atoms with van der Waals surface area (Å²) in [5.74, 6) is 0.256. The fourth-order valence-corrected chi connectivity index (χ4v) is 5.19. The fourth-order valence-electron chi connectivity index (χ4n) is 3.24. The number of hydrogen-bond donors (Lipinski definition) is 0. The van der Waals surface area contributed by atoms with Gasteiger partial charge in [-0.3, -0.25) is 9.36 Å². The summed E-state index contributed by atoms with van der Waals surface area (Å²) < 4.78 is 6.40. The lowest BCUT2D eigenvalue weighted by atomic mass is 10.1. The van der Waals surface area contributed by atoms with Gasteiger partial charge in [0.25, 0.3) is 5.56 Å². The molecule has 2 heterocycles. The molecule has 0 fully saturated rings. The molecule has 0 saturated carbocycles. The summed E-state index contributed by atoms with van der Waals surface area (Å²) in [4.78, 5) is 30.5. The minimum atomic E-state index is -0.363. The number of thiophene rings is 1. The minimum absolute atomic E-state index is 0. The van der Waals surface area contributed by atoms with Crippen LogP contribution in [-0.4, -0.2) is 22.6 Å². The van der Waals surface area contributed by atoms with Crippen LogP contribution in [-0.2, 0) is 17.0 Å². The average molecular weight is 529 g/mol. The van der Waals surface area contributed by atoms with Gasteiger partial charge in [0.2, 0.25) is 0 Å². The molecule has 5 nitrogen and oxygen atoms in total. The molecule has 0 radical (unpaired) electrons. The molecule has 0 aliphatic carbocycles. The van der Waals surface area contributed by atoms with E-state index in [4.69, 9.17) is 9.72 Å². The van der Waals surface area contributed by atoms with Crippen molar-refractivity contribution in [2.75, 3.05) is 7.11 Å². The first kappa shape index (κ1) is 24.0. The van der Waals surface area contributed by atoms with Crippen molar-refractivity contribution in [2.45, 2.75) is 17.5 Å². The number of halogens is 1. The number of carbonyl (C=O) groups excluding carboxylic acids is 1. The van der Waals surface area contributed by atoms with Gasteiger partial charge in [-0.25, -0.2) is 9.78 Å². The van der Waals surface area contributed by atoms with E-state index in [2.05, 4.69) is 6.58 Å². The van der Waals surface area contributed by atoms with E-state index in [0.29, 0.717) is 28.4 Å². The first-order chi connectivity index (χ1) is 15.1. The van der Waals surface area contributed by atoms with Crippen molar-refractivity contribution in [1.29, 1.82) is 0 Å². The number of hydrogen-bond acceptors (Lipinski definition) is 6. The number of benzene rings is 2. The molecule has 0 atom stereocenters. The fraction of sp³-hybridized carbons (Fsp3) is 0.125. The summed E-state index contributed by atoms with van der Waals surface area (Å²) in [6.45, 7) is 4.19. The molecule has 4 aromatic rings. The highest BCUT2D eigenvalue weighted by Gasteiger charge is 2.17. The third-order valence-electron chi connectivity index (χ3n) is 4.80. The smallest absolute Gasteiger partial charge is 0.337 e. The van der Waals surface area contributed by atoms with Gasteiger partial charge >= 0.3 is 5.97 Å². The number of methoxy groups -OCH3 is 1. The summed E-state index contributed by atoms with van der Waals surface area (Å²) in [6, 6.07) is 17.1. The number of ether oxygens (including phenoxy) is 1. The SMILES string of the molecule is Br.C=CCn1c(SCc2ccc(C(=O)OC)cc2)nc2scc(-c3ccccc3)c2c1=O. The molecule has 0 N–H and O–H groups in total. The molecule has 0 amide bonds. The molecule has 0 spiro atoms. The predicted octanol–water partition coefficient (Wildman–Crippen LogP) is 5.97. The molecule has 4 rings (SSSR count). The van der Waals surface area contributed by atoms with Crippen molar-refractivity contribution < 1.29 is 9.53 Å². The molecular formula is C24H21BrN2O3S2. The van der Waals surface area contributed by atoms with Gasteiger partial charge in [0.05, 0.1) is 18.1 Å². The monoisotopic (exact) mass is 528 g/mol. The van der Waals surface area contributed by atoms with Crippen molar-refractivity contribution in [2.24, 2.45) is 0 Å². The van der Waals surface area contributed by atoms with E-state index in [-0.39, 0.29) is 28.5 Å². The predicted molar refractivity (Wildman–Crippen MR) is 137 cm³/mol. The van der Waals surface area contributed by atoms with Crippen molar-refractivity contribution in [3.63, 3.8) is 0 Å². The second kappa shape index (κ2) is 10.8. The van der Waals surface area contributed by atoms with Crippen molar-refractivity contribution >= 4 is 56.3 Å². The summed E-state index contributed by atoms with van der Waals surface area (Å²) in [7, 11) is 1.36. The van der Waals surface area contributed by atoms with Gasteiger partial charge in [0.1, 0.15) is 4.83 Å². The number of nitrogens with zero attached hydrogens (tertiary/aromatic N) is 2. The molecule has 164 valence electrons. The zero-order valence-electron chi connectivity index (χ0n) is 17.3. The van der Waals surface area contributed by atoms with Crippen LogP contribution in [0.15, 0.2) is 82.6 Å². The molecular weight excluding hydrogens is 508 g/mol. The molecule has 2 aromatic carbocycles. The van der Waals surface area contributed by atoms with Gasteiger partial charge in [-0.2, -0.15) is 0 Å². The molecule has 0 aliphatic rings. The Kier molecular flexibility index (Phi) is 8.06. The summed E-state index contributed by atoms with van der Waals surface area (Å²) in [5, 5.41) is 3.29. The Morgan fingerprint density at radius 2 is 1.91 bits per heavy atom. The van der Waals surface area contributed by atoms with Crippen LogP contribution in [0.1, 0.15) is 15.9 Å². The van der Waals surface area contributed by atoms with E-state index in [1.54, 1.807) is 22.8 Å². The minimum Gasteiger partial charge on any atom is -0.465 e. The number of carbonyl (C=O) groups is 1. The molecule has 0 aliphatic heterocycles. The highest BCUT2D eigenvalue weighted by Crippen LogP contribution is 2.32. The van der Waals surface area contributed by atoms with E-state index >= 15 is 0 Å². The standard InChI is InChI=1S/C24H20N2O3S2.BrH/c1-3-13-26-22(27)20-19(17-7-5-4-6-8-17)15-30-21(20)25-24(26)31-14-16-9-11-18(12-10-16)23(28)29-2;/h3-12,15H,1,13-14H2,2H3;1H. The van der Waals surface area contributed by atoms with Gasteiger partial charge in [0.15, 0.2) is 5.16 Å². The quantitative estimate of drug-likeness (QED) is 0.128.